The number of aromatic nitrogens is 2. The molecule has 1 unspecified atom stereocenters. The highest BCUT2D eigenvalue weighted by atomic mass is 16.4. The highest BCUT2D eigenvalue weighted by Crippen LogP contribution is 2.47. The van der Waals surface area contributed by atoms with Crippen molar-refractivity contribution in [3.05, 3.63) is 18.2 Å². The highest BCUT2D eigenvalue weighted by molar-refractivity contribution is 5.87. The van der Waals surface area contributed by atoms with E-state index in [0.29, 0.717) is 6.42 Å². The van der Waals surface area contributed by atoms with Crippen molar-refractivity contribution in [3.8, 4) is 0 Å². The Morgan fingerprint density at radius 3 is 2.90 bits per heavy atom. The third kappa shape index (κ3) is 3.18. The van der Waals surface area contributed by atoms with E-state index in [4.69, 9.17) is 5.11 Å². The molecule has 1 saturated carbocycles. The van der Waals surface area contributed by atoms with Gasteiger partial charge < -0.3 is 15.0 Å². The molecule has 1 aliphatic carbocycles. The van der Waals surface area contributed by atoms with Gasteiger partial charge in [0.25, 0.3) is 0 Å². The maximum Gasteiger partial charge on any atom is 0.326 e. The largest absolute Gasteiger partial charge is 0.480 e. The molecule has 0 spiro atoms. The summed E-state index contributed by atoms with van der Waals surface area (Å²) in [6, 6.07) is -0.768. The van der Waals surface area contributed by atoms with Gasteiger partial charge in [-0.15, -0.1) is 0 Å². The van der Waals surface area contributed by atoms with E-state index in [9.17, 15) is 9.59 Å². The van der Waals surface area contributed by atoms with Crippen molar-refractivity contribution in [1.29, 1.82) is 0 Å². The number of nitrogens with zero attached hydrogens (tertiary/aromatic N) is 2. The van der Waals surface area contributed by atoms with Crippen molar-refractivity contribution in [2.45, 2.75) is 44.6 Å². The number of hydrogen-bond acceptors (Lipinski definition) is 3. The topological polar surface area (TPSA) is 84.2 Å². The lowest BCUT2D eigenvalue weighted by atomic mass is 10.1. The maximum atomic E-state index is 12.1. The maximum absolute atomic E-state index is 12.1. The zero-order valence-corrected chi connectivity index (χ0v) is 11.9. The molecule has 110 valence electrons. The van der Waals surface area contributed by atoms with Crippen LogP contribution in [0.5, 0.6) is 0 Å². The van der Waals surface area contributed by atoms with Crippen LogP contribution in [0.15, 0.2) is 12.5 Å². The molecule has 2 rings (SSSR count). The number of unbranched alkanes of at least 4 members (excludes halogenated alkanes) is 1. The van der Waals surface area contributed by atoms with Crippen LogP contribution in [-0.4, -0.2) is 32.6 Å². The van der Waals surface area contributed by atoms with Crippen LogP contribution in [0.1, 0.15) is 44.2 Å². The number of imidazole rings is 1. The predicted molar refractivity (Wildman–Crippen MR) is 73.1 cm³/mol. The number of hydrogen-bond donors (Lipinski definition) is 2. The molecule has 0 aliphatic heterocycles. The minimum Gasteiger partial charge on any atom is -0.480 e. The SMILES string of the molecule is CCCCC(NC(=O)[C@@H]1C[C@H]1c1cncn1C)C(=O)O. The van der Waals surface area contributed by atoms with E-state index in [1.807, 2.05) is 18.5 Å². The molecule has 1 amide bonds. The lowest BCUT2D eigenvalue weighted by Gasteiger charge is -2.14. The fourth-order valence-electron chi connectivity index (χ4n) is 2.48. The minimum atomic E-state index is -0.954. The van der Waals surface area contributed by atoms with E-state index in [0.717, 1.165) is 25.0 Å². The summed E-state index contributed by atoms with van der Waals surface area (Å²) in [6.45, 7) is 2.00. The molecule has 0 saturated heterocycles. The quantitative estimate of drug-likeness (QED) is 0.787. The standard InChI is InChI=1S/C14H21N3O3/c1-3-4-5-11(14(19)20)16-13(18)10-6-9(10)12-7-15-8-17(12)2/h7-11H,3-6H2,1-2H3,(H,16,18)(H,19,20)/t9-,10-,11?/m1/s1. The molecule has 2 N–H and O–H groups in total. The van der Waals surface area contributed by atoms with Crippen LogP contribution >= 0.6 is 0 Å². The lowest BCUT2D eigenvalue weighted by Crippen LogP contribution is -2.41. The van der Waals surface area contributed by atoms with Crippen LogP contribution in [0.3, 0.4) is 0 Å². The number of carboxylic acids is 1. The van der Waals surface area contributed by atoms with Crippen LogP contribution < -0.4 is 5.32 Å². The zero-order valence-electron chi connectivity index (χ0n) is 11.9. The number of aryl methyl sites for hydroxylation is 1. The van der Waals surface area contributed by atoms with Crippen molar-refractivity contribution < 1.29 is 14.7 Å². The number of amides is 1. The second-order valence-electron chi connectivity index (χ2n) is 5.42. The predicted octanol–water partition coefficient (Wildman–Crippen LogP) is 1.28. The number of carbonyl (C=O) groups excluding carboxylic acids is 1. The first-order valence-electron chi connectivity index (χ1n) is 7.04. The summed E-state index contributed by atoms with van der Waals surface area (Å²) in [5.74, 6) is -1.05. The Balaban J connectivity index is 1.89. The van der Waals surface area contributed by atoms with E-state index in [1.54, 1.807) is 12.5 Å². The van der Waals surface area contributed by atoms with Gasteiger partial charge in [-0.25, -0.2) is 9.78 Å². The Hall–Kier alpha value is -1.85. The monoisotopic (exact) mass is 279 g/mol. The summed E-state index contributed by atoms with van der Waals surface area (Å²) < 4.78 is 1.91. The van der Waals surface area contributed by atoms with E-state index in [-0.39, 0.29) is 17.7 Å². The Kier molecular flexibility index (Phi) is 4.42. The Morgan fingerprint density at radius 1 is 1.60 bits per heavy atom. The second-order valence-corrected chi connectivity index (χ2v) is 5.42. The fraction of sp³-hybridized carbons (Fsp3) is 0.643. The van der Waals surface area contributed by atoms with Gasteiger partial charge in [-0.2, -0.15) is 0 Å². The first-order valence-corrected chi connectivity index (χ1v) is 7.04. The van der Waals surface area contributed by atoms with Crippen molar-refractivity contribution in [3.63, 3.8) is 0 Å². The molecule has 1 fully saturated rings. The average Bonchev–Trinajstić information content (AvgIpc) is 3.09. The van der Waals surface area contributed by atoms with Crippen LogP contribution in [0.2, 0.25) is 0 Å². The molecule has 0 radical (unpaired) electrons. The molecule has 1 heterocycles. The molecule has 3 atom stereocenters. The van der Waals surface area contributed by atoms with E-state index in [1.165, 1.54) is 0 Å². The second kappa shape index (κ2) is 6.07. The normalized spacial score (nSPS) is 22.3. The summed E-state index contributed by atoms with van der Waals surface area (Å²) >= 11 is 0. The average molecular weight is 279 g/mol. The first kappa shape index (κ1) is 14.6. The molecule has 0 aromatic carbocycles. The Labute approximate surface area is 118 Å². The number of carbonyl (C=O) groups is 2. The summed E-state index contributed by atoms with van der Waals surface area (Å²) in [6.07, 6.45) is 6.45. The third-order valence-corrected chi connectivity index (χ3v) is 3.82. The van der Waals surface area contributed by atoms with Crippen molar-refractivity contribution >= 4 is 11.9 Å². The van der Waals surface area contributed by atoms with Crippen molar-refractivity contribution in [1.82, 2.24) is 14.9 Å². The van der Waals surface area contributed by atoms with Crippen molar-refractivity contribution in [2.75, 3.05) is 0 Å². The number of rotatable bonds is 7. The van der Waals surface area contributed by atoms with E-state index < -0.39 is 12.0 Å². The van der Waals surface area contributed by atoms with Crippen LogP contribution in [-0.2, 0) is 16.6 Å². The Morgan fingerprint density at radius 2 is 2.35 bits per heavy atom. The zero-order chi connectivity index (χ0) is 14.7. The van der Waals surface area contributed by atoms with Crippen molar-refractivity contribution in [2.24, 2.45) is 13.0 Å². The molecule has 20 heavy (non-hydrogen) atoms. The molecule has 6 nitrogen and oxygen atoms in total. The summed E-state index contributed by atoms with van der Waals surface area (Å²) in [5.41, 5.74) is 1.03. The van der Waals surface area contributed by atoms with E-state index in [2.05, 4.69) is 10.3 Å². The molecule has 6 heteroatoms. The molecule has 1 aromatic rings. The minimum absolute atomic E-state index is 0.117. The molecular weight excluding hydrogens is 258 g/mol. The van der Waals surface area contributed by atoms with Crippen LogP contribution in [0.4, 0.5) is 0 Å². The first-order chi connectivity index (χ1) is 9.54. The van der Waals surface area contributed by atoms with Gasteiger partial charge in [-0.05, 0) is 12.8 Å². The smallest absolute Gasteiger partial charge is 0.326 e. The van der Waals surface area contributed by atoms with Gasteiger partial charge >= 0.3 is 5.97 Å². The number of nitrogens with one attached hydrogen (secondary N) is 1. The fourth-order valence-corrected chi connectivity index (χ4v) is 2.48. The van der Waals surface area contributed by atoms with Gasteiger partial charge in [-0.1, -0.05) is 19.8 Å². The van der Waals surface area contributed by atoms with Crippen LogP contribution in [0, 0.1) is 5.92 Å². The van der Waals surface area contributed by atoms with Gasteiger partial charge in [0.1, 0.15) is 6.04 Å². The highest BCUT2D eigenvalue weighted by Gasteiger charge is 2.46. The van der Waals surface area contributed by atoms with Gasteiger partial charge in [0.15, 0.2) is 0 Å². The number of aliphatic carboxylic acids is 1. The number of carboxylic acid groups (broad SMARTS) is 1. The summed E-state index contributed by atoms with van der Waals surface area (Å²) in [5, 5.41) is 11.8. The van der Waals surface area contributed by atoms with Gasteiger partial charge in [0.2, 0.25) is 5.91 Å². The molecule has 0 bridgehead atoms. The molecule has 1 aromatic heterocycles. The van der Waals surface area contributed by atoms with E-state index >= 15 is 0 Å². The summed E-state index contributed by atoms with van der Waals surface area (Å²) in [7, 11) is 1.90. The third-order valence-electron chi connectivity index (χ3n) is 3.82. The van der Waals surface area contributed by atoms with Gasteiger partial charge in [-0.3, -0.25) is 4.79 Å². The Bertz CT molecular complexity index is 498. The molecular formula is C14H21N3O3. The lowest BCUT2D eigenvalue weighted by molar-refractivity contribution is -0.142. The van der Waals surface area contributed by atoms with Gasteiger partial charge in [0, 0.05) is 30.8 Å². The van der Waals surface area contributed by atoms with Crippen LogP contribution in [0.25, 0.3) is 0 Å². The molecule has 1 aliphatic rings. The van der Waals surface area contributed by atoms with Gasteiger partial charge in [0.05, 0.1) is 6.33 Å². The summed E-state index contributed by atoms with van der Waals surface area (Å²) in [4.78, 5) is 27.3.